The standard InChI is InChI=1S/C12H13BrN4OS/c1-8(12-14-7-15-17-12)16-11(18)6-19-10-4-2-9(13)3-5-10/h2-5,7-8H,6H2,1H3,(H,16,18)(H,14,15,17). The quantitative estimate of drug-likeness (QED) is 0.820. The molecule has 1 unspecified atom stereocenters. The maximum atomic E-state index is 11.8. The van der Waals surface area contributed by atoms with Crippen LogP contribution in [0.25, 0.3) is 0 Å². The van der Waals surface area contributed by atoms with Crippen LogP contribution < -0.4 is 5.32 Å². The highest BCUT2D eigenvalue weighted by Crippen LogP contribution is 2.20. The number of carbonyl (C=O) groups is 1. The fraction of sp³-hybridized carbons (Fsp3) is 0.250. The van der Waals surface area contributed by atoms with Gasteiger partial charge in [0, 0.05) is 9.37 Å². The summed E-state index contributed by atoms with van der Waals surface area (Å²) in [7, 11) is 0. The van der Waals surface area contributed by atoms with Gasteiger partial charge >= 0.3 is 0 Å². The average molecular weight is 341 g/mol. The van der Waals surface area contributed by atoms with E-state index in [2.05, 4.69) is 36.4 Å². The molecule has 19 heavy (non-hydrogen) atoms. The summed E-state index contributed by atoms with van der Waals surface area (Å²) >= 11 is 4.87. The molecule has 0 aliphatic carbocycles. The summed E-state index contributed by atoms with van der Waals surface area (Å²) in [5.41, 5.74) is 0. The number of thioether (sulfide) groups is 1. The number of H-pyrrole nitrogens is 1. The van der Waals surface area contributed by atoms with Gasteiger partial charge in [-0.1, -0.05) is 15.9 Å². The summed E-state index contributed by atoms with van der Waals surface area (Å²) in [6.07, 6.45) is 1.43. The number of rotatable bonds is 5. The van der Waals surface area contributed by atoms with E-state index >= 15 is 0 Å². The maximum Gasteiger partial charge on any atom is 0.230 e. The van der Waals surface area contributed by atoms with Gasteiger partial charge in [0.15, 0.2) is 0 Å². The van der Waals surface area contributed by atoms with Gasteiger partial charge in [-0.15, -0.1) is 11.8 Å². The molecule has 0 bridgehead atoms. The van der Waals surface area contributed by atoms with Gasteiger partial charge in [-0.2, -0.15) is 5.10 Å². The fourth-order valence-corrected chi connectivity index (χ4v) is 2.43. The third-order valence-electron chi connectivity index (χ3n) is 2.40. The first kappa shape index (κ1) is 14.1. The highest BCUT2D eigenvalue weighted by atomic mass is 79.9. The van der Waals surface area contributed by atoms with Gasteiger partial charge in [0.1, 0.15) is 12.2 Å². The Morgan fingerprint density at radius 1 is 1.47 bits per heavy atom. The first-order valence-electron chi connectivity index (χ1n) is 5.68. The van der Waals surface area contributed by atoms with Crippen LogP contribution in [0.5, 0.6) is 0 Å². The highest BCUT2D eigenvalue weighted by molar-refractivity contribution is 9.10. The van der Waals surface area contributed by atoms with Crippen LogP contribution in [-0.2, 0) is 4.79 Å². The van der Waals surface area contributed by atoms with Crippen molar-refractivity contribution in [1.82, 2.24) is 20.5 Å². The minimum atomic E-state index is -0.166. The Morgan fingerprint density at radius 2 is 2.21 bits per heavy atom. The lowest BCUT2D eigenvalue weighted by Crippen LogP contribution is -2.28. The zero-order valence-corrected chi connectivity index (χ0v) is 12.7. The first-order valence-corrected chi connectivity index (χ1v) is 7.46. The summed E-state index contributed by atoms with van der Waals surface area (Å²) in [6.45, 7) is 1.86. The number of nitrogens with zero attached hydrogens (tertiary/aromatic N) is 2. The van der Waals surface area contributed by atoms with E-state index in [1.165, 1.54) is 18.1 Å². The Balaban J connectivity index is 1.80. The predicted octanol–water partition coefficient (Wildman–Crippen LogP) is 2.54. The van der Waals surface area contributed by atoms with Crippen molar-refractivity contribution in [3.8, 4) is 0 Å². The molecule has 2 rings (SSSR count). The minimum Gasteiger partial charge on any atom is -0.346 e. The normalized spacial score (nSPS) is 12.1. The van der Waals surface area contributed by atoms with Crippen molar-refractivity contribution in [2.24, 2.45) is 0 Å². The van der Waals surface area contributed by atoms with Crippen LogP contribution in [0.2, 0.25) is 0 Å². The van der Waals surface area contributed by atoms with E-state index in [0.717, 1.165) is 9.37 Å². The van der Waals surface area contributed by atoms with Crippen LogP contribution in [0.4, 0.5) is 0 Å². The monoisotopic (exact) mass is 340 g/mol. The van der Waals surface area contributed by atoms with Crippen LogP contribution in [-0.4, -0.2) is 26.8 Å². The number of carbonyl (C=O) groups excluding carboxylic acids is 1. The molecular weight excluding hydrogens is 328 g/mol. The second-order valence-corrected chi connectivity index (χ2v) is 5.87. The number of hydrogen-bond donors (Lipinski definition) is 2. The molecule has 1 aromatic carbocycles. The molecule has 1 atom stereocenters. The molecule has 0 aliphatic heterocycles. The van der Waals surface area contributed by atoms with Crippen molar-refractivity contribution >= 4 is 33.6 Å². The van der Waals surface area contributed by atoms with E-state index < -0.39 is 0 Å². The second-order valence-electron chi connectivity index (χ2n) is 3.90. The lowest BCUT2D eigenvalue weighted by Gasteiger charge is -2.10. The Kier molecular flexibility index (Phi) is 4.98. The van der Waals surface area contributed by atoms with E-state index in [4.69, 9.17) is 0 Å². The smallest absolute Gasteiger partial charge is 0.230 e. The van der Waals surface area contributed by atoms with Gasteiger partial charge in [-0.25, -0.2) is 4.98 Å². The highest BCUT2D eigenvalue weighted by Gasteiger charge is 2.11. The molecule has 2 N–H and O–H groups in total. The van der Waals surface area contributed by atoms with Crippen LogP contribution in [0.1, 0.15) is 18.8 Å². The van der Waals surface area contributed by atoms with E-state index in [1.807, 2.05) is 31.2 Å². The lowest BCUT2D eigenvalue weighted by atomic mass is 10.3. The zero-order valence-electron chi connectivity index (χ0n) is 10.3. The first-order chi connectivity index (χ1) is 9.15. The second kappa shape index (κ2) is 6.72. The molecule has 0 saturated heterocycles. The molecule has 1 heterocycles. The topological polar surface area (TPSA) is 70.7 Å². The van der Waals surface area contributed by atoms with Crippen molar-refractivity contribution in [2.45, 2.75) is 17.9 Å². The number of aromatic nitrogens is 3. The van der Waals surface area contributed by atoms with E-state index in [0.29, 0.717) is 11.6 Å². The maximum absolute atomic E-state index is 11.8. The third kappa shape index (κ3) is 4.36. The lowest BCUT2D eigenvalue weighted by molar-refractivity contribution is -0.119. The van der Waals surface area contributed by atoms with Crippen molar-refractivity contribution in [1.29, 1.82) is 0 Å². The fourth-order valence-electron chi connectivity index (χ4n) is 1.45. The van der Waals surface area contributed by atoms with Crippen LogP contribution in [0.3, 0.4) is 0 Å². The Morgan fingerprint density at radius 3 is 2.84 bits per heavy atom. The van der Waals surface area contributed by atoms with Crippen LogP contribution in [0, 0.1) is 0 Å². The van der Waals surface area contributed by atoms with Gasteiger partial charge in [0.05, 0.1) is 11.8 Å². The van der Waals surface area contributed by atoms with Gasteiger partial charge in [-0.3, -0.25) is 9.89 Å². The summed E-state index contributed by atoms with van der Waals surface area (Å²) in [5.74, 6) is 0.999. The van der Waals surface area contributed by atoms with Crippen LogP contribution in [0.15, 0.2) is 40.0 Å². The molecule has 0 spiro atoms. The number of hydrogen-bond acceptors (Lipinski definition) is 4. The number of nitrogens with one attached hydrogen (secondary N) is 2. The zero-order chi connectivity index (χ0) is 13.7. The molecule has 0 saturated carbocycles. The largest absolute Gasteiger partial charge is 0.346 e. The summed E-state index contributed by atoms with van der Waals surface area (Å²) < 4.78 is 1.03. The van der Waals surface area contributed by atoms with E-state index in [-0.39, 0.29) is 11.9 Å². The Hall–Kier alpha value is -1.34. The molecule has 1 amide bonds. The summed E-state index contributed by atoms with van der Waals surface area (Å²) in [5, 5.41) is 9.35. The molecule has 7 heteroatoms. The molecule has 100 valence electrons. The molecule has 0 fully saturated rings. The predicted molar refractivity (Wildman–Crippen MR) is 77.8 cm³/mol. The SMILES string of the molecule is CC(NC(=O)CSc1ccc(Br)cc1)c1ncn[nH]1. The molecule has 2 aromatic rings. The molecular formula is C12H13BrN4OS. The average Bonchev–Trinajstić information content (AvgIpc) is 2.92. The van der Waals surface area contributed by atoms with E-state index in [1.54, 1.807) is 0 Å². The Labute approximate surface area is 123 Å². The van der Waals surface area contributed by atoms with Gasteiger partial charge in [0.25, 0.3) is 0 Å². The molecule has 0 aliphatic rings. The number of halogens is 1. The van der Waals surface area contributed by atoms with Crippen LogP contribution >= 0.6 is 27.7 Å². The third-order valence-corrected chi connectivity index (χ3v) is 3.95. The van der Waals surface area contributed by atoms with Gasteiger partial charge in [0.2, 0.25) is 5.91 Å². The van der Waals surface area contributed by atoms with Crippen molar-refractivity contribution in [3.05, 3.63) is 40.9 Å². The summed E-state index contributed by atoms with van der Waals surface area (Å²) in [4.78, 5) is 16.9. The van der Waals surface area contributed by atoms with Crippen molar-refractivity contribution in [3.63, 3.8) is 0 Å². The molecule has 0 radical (unpaired) electrons. The van der Waals surface area contributed by atoms with Crippen molar-refractivity contribution < 1.29 is 4.79 Å². The van der Waals surface area contributed by atoms with Gasteiger partial charge < -0.3 is 5.32 Å². The molecule has 1 aromatic heterocycles. The molecule has 5 nitrogen and oxygen atoms in total. The van der Waals surface area contributed by atoms with E-state index in [9.17, 15) is 4.79 Å². The summed E-state index contributed by atoms with van der Waals surface area (Å²) in [6, 6.07) is 7.69. The number of amides is 1. The van der Waals surface area contributed by atoms with Crippen molar-refractivity contribution in [2.75, 3.05) is 5.75 Å². The number of aromatic amines is 1. The van der Waals surface area contributed by atoms with Gasteiger partial charge in [-0.05, 0) is 31.2 Å². The number of benzene rings is 1. The Bertz CT molecular complexity index is 529. The minimum absolute atomic E-state index is 0.0307.